The first-order valence-corrected chi connectivity index (χ1v) is 12.9. The minimum Gasteiger partial charge on any atom is -0.504 e. The molecular formula is C23H28ClN4O7S+. The number of amides is 3. The Morgan fingerprint density at radius 1 is 1.31 bits per heavy atom. The monoisotopic (exact) mass is 539 g/mol. The number of likely N-dealkylation sites (tertiary alicyclic amines) is 1. The molecule has 0 spiro atoms. The van der Waals surface area contributed by atoms with Crippen molar-refractivity contribution in [2.24, 2.45) is 0 Å². The van der Waals surface area contributed by atoms with E-state index in [4.69, 9.17) is 16.3 Å². The van der Waals surface area contributed by atoms with Gasteiger partial charge in [0.05, 0.1) is 43.9 Å². The van der Waals surface area contributed by atoms with Gasteiger partial charge in [0, 0.05) is 24.2 Å². The molecule has 0 aliphatic carbocycles. The van der Waals surface area contributed by atoms with Crippen LogP contribution in [-0.4, -0.2) is 101 Å². The van der Waals surface area contributed by atoms with E-state index in [1.807, 2.05) is 0 Å². The average molecular weight is 540 g/mol. The van der Waals surface area contributed by atoms with E-state index in [0.717, 1.165) is 31.5 Å². The number of fused-ring (bicyclic) bond motifs is 1. The molecule has 0 saturated carbocycles. The van der Waals surface area contributed by atoms with Gasteiger partial charge in [-0.25, -0.2) is 4.79 Å². The van der Waals surface area contributed by atoms with Gasteiger partial charge in [0.2, 0.25) is 6.41 Å². The lowest BCUT2D eigenvalue weighted by Crippen LogP contribution is -2.70. The van der Waals surface area contributed by atoms with Gasteiger partial charge in [0.1, 0.15) is 23.7 Å². The normalized spacial score (nSPS) is 22.5. The van der Waals surface area contributed by atoms with E-state index >= 15 is 0 Å². The van der Waals surface area contributed by atoms with Crippen LogP contribution in [0.1, 0.15) is 23.2 Å². The van der Waals surface area contributed by atoms with Crippen LogP contribution in [0.2, 0.25) is 5.02 Å². The Morgan fingerprint density at radius 2 is 2.03 bits per heavy atom. The molecule has 2 fully saturated rings. The predicted octanol–water partition coefficient (Wildman–Crippen LogP) is 0.548. The lowest BCUT2D eigenvalue weighted by Gasteiger charge is -2.50. The summed E-state index contributed by atoms with van der Waals surface area (Å²) in [6.45, 7) is 3.14. The molecule has 1 aromatic carbocycles. The highest BCUT2D eigenvalue weighted by Gasteiger charge is 2.54. The summed E-state index contributed by atoms with van der Waals surface area (Å²) in [4.78, 5) is 50.3. The number of methoxy groups -OCH3 is 1. The molecule has 2 saturated heterocycles. The van der Waals surface area contributed by atoms with Crippen LogP contribution in [0.5, 0.6) is 11.5 Å². The van der Waals surface area contributed by atoms with Gasteiger partial charge in [-0.2, -0.15) is 0 Å². The van der Waals surface area contributed by atoms with Gasteiger partial charge in [-0.1, -0.05) is 11.6 Å². The van der Waals surface area contributed by atoms with Crippen molar-refractivity contribution >= 4 is 47.6 Å². The number of quaternary nitrogens is 1. The summed E-state index contributed by atoms with van der Waals surface area (Å²) < 4.78 is 5.63. The number of aromatic hydroxyl groups is 2. The van der Waals surface area contributed by atoms with E-state index in [1.165, 1.54) is 35.9 Å². The smallest absolute Gasteiger partial charge is 0.355 e. The second kappa shape index (κ2) is 10.6. The number of carbonyl (C=O) groups is 4. The fourth-order valence-electron chi connectivity index (χ4n) is 5.09. The quantitative estimate of drug-likeness (QED) is 0.117. The largest absolute Gasteiger partial charge is 0.504 e. The molecular weight excluding hydrogens is 512 g/mol. The molecule has 4 rings (SSSR count). The van der Waals surface area contributed by atoms with Crippen LogP contribution in [0.15, 0.2) is 23.4 Å². The maximum Gasteiger partial charge on any atom is 0.355 e. The summed E-state index contributed by atoms with van der Waals surface area (Å²) in [6.07, 6.45) is 2.48. The van der Waals surface area contributed by atoms with Crippen molar-refractivity contribution < 1.29 is 38.6 Å². The second-order valence-electron chi connectivity index (χ2n) is 9.04. The first-order chi connectivity index (χ1) is 17.2. The number of benzene rings is 1. The number of phenols is 2. The molecule has 11 nitrogen and oxygen atoms in total. The van der Waals surface area contributed by atoms with Gasteiger partial charge < -0.3 is 30.1 Å². The summed E-state index contributed by atoms with van der Waals surface area (Å²) in [6, 6.07) is 1.88. The number of hydrogen-bond donors (Lipinski definition) is 4. The summed E-state index contributed by atoms with van der Waals surface area (Å²) in [5.74, 6) is -1.83. The highest BCUT2D eigenvalue weighted by molar-refractivity contribution is 8.00. The number of hydrogen-bond acceptors (Lipinski definition) is 8. The van der Waals surface area contributed by atoms with Crippen LogP contribution in [0.25, 0.3) is 0 Å². The topological polar surface area (TPSA) is 145 Å². The molecule has 2 atom stereocenters. The molecule has 2 unspecified atom stereocenters. The van der Waals surface area contributed by atoms with Crippen molar-refractivity contribution in [1.29, 1.82) is 0 Å². The Hall–Kier alpha value is -2.96. The third kappa shape index (κ3) is 4.72. The van der Waals surface area contributed by atoms with Crippen molar-refractivity contribution in [2.75, 3.05) is 45.6 Å². The minimum absolute atomic E-state index is 0.0557. The average Bonchev–Trinajstić information content (AvgIpc) is 3.33. The standard InChI is InChI=1S/C23H27ClN4O7S/c1-35-23(34)18-13(11-36-22-17(26-12-29)21(33)27(18)22)10-28(7-2-3-8-28)9-6-25-20(32)14-4-5-15(30)19(31)16(14)24/h4-5,12,17,22H,2-3,6-11H2,1H3,(H3-,25,26,29,30,31,32)/p+1. The van der Waals surface area contributed by atoms with Crippen LogP contribution >= 0.6 is 23.4 Å². The van der Waals surface area contributed by atoms with Crippen LogP contribution in [0.3, 0.4) is 0 Å². The number of β-lactam (4-membered cyclic amide) rings is 1. The summed E-state index contributed by atoms with van der Waals surface area (Å²) in [5.41, 5.74) is 1.11. The lowest BCUT2D eigenvalue weighted by atomic mass is 10.0. The third-order valence-electron chi connectivity index (χ3n) is 6.93. The van der Waals surface area contributed by atoms with Crippen LogP contribution in [0.4, 0.5) is 0 Å². The molecule has 3 heterocycles. The lowest BCUT2D eigenvalue weighted by molar-refractivity contribution is -0.911. The predicted molar refractivity (Wildman–Crippen MR) is 131 cm³/mol. The summed E-state index contributed by atoms with van der Waals surface area (Å²) in [5, 5.41) is 24.1. The van der Waals surface area contributed by atoms with E-state index in [1.54, 1.807) is 0 Å². The van der Waals surface area contributed by atoms with Crippen LogP contribution < -0.4 is 10.6 Å². The van der Waals surface area contributed by atoms with Crippen molar-refractivity contribution in [3.05, 3.63) is 34.0 Å². The molecule has 0 radical (unpaired) electrons. The number of phenolic OH excluding ortho intramolecular Hbond substituents is 2. The van der Waals surface area contributed by atoms with Gasteiger partial charge in [0.25, 0.3) is 11.8 Å². The molecule has 36 heavy (non-hydrogen) atoms. The zero-order chi connectivity index (χ0) is 26.0. The third-order valence-corrected chi connectivity index (χ3v) is 8.65. The van der Waals surface area contributed by atoms with E-state index in [9.17, 15) is 29.4 Å². The Labute approximate surface area is 217 Å². The molecule has 0 aromatic heterocycles. The van der Waals surface area contributed by atoms with Crippen molar-refractivity contribution in [2.45, 2.75) is 24.3 Å². The number of thioether (sulfide) groups is 1. The number of esters is 1. The van der Waals surface area contributed by atoms with Gasteiger partial charge in [-0.15, -0.1) is 11.8 Å². The van der Waals surface area contributed by atoms with Crippen LogP contribution in [-0.2, 0) is 19.1 Å². The Balaban J connectivity index is 1.49. The van der Waals surface area contributed by atoms with Gasteiger partial charge >= 0.3 is 5.97 Å². The molecule has 3 aliphatic heterocycles. The Bertz CT molecular complexity index is 1120. The highest BCUT2D eigenvalue weighted by atomic mass is 35.5. The summed E-state index contributed by atoms with van der Waals surface area (Å²) in [7, 11) is 1.27. The number of ether oxygens (including phenoxy) is 1. The van der Waals surface area contributed by atoms with Gasteiger partial charge in [-0.05, 0) is 12.1 Å². The number of halogens is 1. The first kappa shape index (κ1) is 26.1. The van der Waals surface area contributed by atoms with Crippen molar-refractivity contribution in [3.8, 4) is 11.5 Å². The Morgan fingerprint density at radius 3 is 2.69 bits per heavy atom. The van der Waals surface area contributed by atoms with Crippen molar-refractivity contribution in [3.63, 3.8) is 0 Å². The second-order valence-corrected chi connectivity index (χ2v) is 10.5. The van der Waals surface area contributed by atoms with Crippen LogP contribution in [0, 0.1) is 0 Å². The number of rotatable bonds is 9. The molecule has 194 valence electrons. The van der Waals surface area contributed by atoms with Gasteiger partial charge in [0.15, 0.2) is 11.5 Å². The van der Waals surface area contributed by atoms with E-state index in [-0.39, 0.29) is 27.6 Å². The molecule has 13 heteroatoms. The molecule has 3 aliphatic rings. The first-order valence-electron chi connectivity index (χ1n) is 11.5. The van der Waals surface area contributed by atoms with E-state index in [0.29, 0.717) is 36.3 Å². The zero-order valence-corrected chi connectivity index (χ0v) is 21.2. The van der Waals surface area contributed by atoms with E-state index < -0.39 is 29.4 Å². The zero-order valence-electron chi connectivity index (χ0n) is 19.7. The maximum atomic E-state index is 12.7. The minimum atomic E-state index is -0.662. The van der Waals surface area contributed by atoms with E-state index in [2.05, 4.69) is 10.6 Å². The molecule has 1 aromatic rings. The maximum absolute atomic E-state index is 12.7. The fourth-order valence-corrected chi connectivity index (χ4v) is 6.68. The van der Waals surface area contributed by atoms with Gasteiger partial charge in [-0.3, -0.25) is 19.3 Å². The number of carbonyl (C=O) groups excluding carboxylic acids is 4. The molecule has 4 N–H and O–H groups in total. The SMILES string of the molecule is COC(=O)C1=C(C[N+]2(CCNC(=O)c3ccc(O)c(O)c3Cl)CCCC2)CSC2C(NC=O)C(=O)N12. The number of nitrogens with one attached hydrogen (secondary N) is 2. The Kier molecular flexibility index (Phi) is 7.67. The molecule has 0 bridgehead atoms. The van der Waals surface area contributed by atoms with Crippen molar-refractivity contribution in [1.82, 2.24) is 15.5 Å². The number of nitrogens with zero attached hydrogens (tertiary/aromatic N) is 2. The molecule has 3 amide bonds. The fraction of sp³-hybridized carbons (Fsp3) is 0.478. The summed E-state index contributed by atoms with van der Waals surface area (Å²) >= 11 is 7.50. The highest BCUT2D eigenvalue weighted by Crippen LogP contribution is 2.41.